The maximum Gasteiger partial charge on any atom is 0.238 e. The summed E-state index contributed by atoms with van der Waals surface area (Å²) < 4.78 is 22.5. The first-order chi connectivity index (χ1) is 12.4. The number of guanidine groups is 1. The van der Waals surface area contributed by atoms with Crippen LogP contribution in [0.2, 0.25) is 5.02 Å². The fourth-order valence-electron chi connectivity index (χ4n) is 2.31. The average Bonchev–Trinajstić information content (AvgIpc) is 2.59. The molecule has 0 aliphatic heterocycles. The summed E-state index contributed by atoms with van der Waals surface area (Å²) in [7, 11) is -3.67. The zero-order valence-corrected chi connectivity index (χ0v) is 16.1. The molecule has 2 rings (SSSR count). The summed E-state index contributed by atoms with van der Waals surface area (Å²) in [5, 5.41) is 12.3. The molecule has 4 N–H and O–H groups in total. The molecule has 0 spiro atoms. The lowest BCUT2D eigenvalue weighted by Gasteiger charge is -2.11. The van der Waals surface area contributed by atoms with Crippen LogP contribution in [0.1, 0.15) is 18.1 Å². The number of benzene rings is 2. The maximum absolute atomic E-state index is 11.3. The summed E-state index contributed by atoms with van der Waals surface area (Å²) in [6.45, 7) is 3.89. The number of sulfonamides is 1. The Morgan fingerprint density at radius 3 is 2.46 bits per heavy atom. The van der Waals surface area contributed by atoms with Crippen molar-refractivity contribution in [2.24, 2.45) is 10.1 Å². The highest BCUT2D eigenvalue weighted by Gasteiger charge is 2.06. The number of aliphatic imine (C=N–C) groups is 1. The summed E-state index contributed by atoms with van der Waals surface area (Å²) in [5.41, 5.74) is 2.05. The van der Waals surface area contributed by atoms with Crippen molar-refractivity contribution in [3.63, 3.8) is 0 Å². The Bertz CT molecular complexity index is 852. The molecule has 2 aromatic rings. The molecular weight excluding hydrogens is 372 g/mol. The summed E-state index contributed by atoms with van der Waals surface area (Å²) in [5.74, 6) is 0.699. The smallest absolute Gasteiger partial charge is 0.238 e. The minimum absolute atomic E-state index is 0.0942. The number of primary sulfonamides is 1. The van der Waals surface area contributed by atoms with Gasteiger partial charge in [-0.1, -0.05) is 35.9 Å². The van der Waals surface area contributed by atoms with Crippen molar-refractivity contribution in [2.45, 2.75) is 24.8 Å². The second-order valence-corrected chi connectivity index (χ2v) is 7.69. The number of nitrogens with one attached hydrogen (secondary N) is 2. The van der Waals surface area contributed by atoms with Gasteiger partial charge < -0.3 is 10.6 Å². The van der Waals surface area contributed by atoms with Gasteiger partial charge in [0.2, 0.25) is 10.0 Å². The van der Waals surface area contributed by atoms with Crippen LogP contribution in [0.4, 0.5) is 0 Å². The lowest BCUT2D eigenvalue weighted by atomic mass is 10.1. The normalized spacial score (nSPS) is 12.0. The Labute approximate surface area is 159 Å². The molecule has 140 valence electrons. The van der Waals surface area contributed by atoms with Gasteiger partial charge in [0.15, 0.2) is 5.96 Å². The quantitative estimate of drug-likeness (QED) is 0.495. The number of hydrogen-bond acceptors (Lipinski definition) is 3. The zero-order chi connectivity index (χ0) is 19.0. The maximum atomic E-state index is 11.3. The molecule has 0 bridgehead atoms. The van der Waals surface area contributed by atoms with E-state index in [1.165, 1.54) is 12.1 Å². The molecule has 0 unspecified atom stereocenters. The number of nitrogens with two attached hydrogens (primary N) is 1. The third-order valence-electron chi connectivity index (χ3n) is 3.61. The van der Waals surface area contributed by atoms with E-state index in [0.717, 1.165) is 35.7 Å². The van der Waals surface area contributed by atoms with Crippen LogP contribution < -0.4 is 15.8 Å². The summed E-state index contributed by atoms with van der Waals surface area (Å²) in [6, 6.07) is 14.1. The van der Waals surface area contributed by atoms with Gasteiger partial charge in [-0.15, -0.1) is 0 Å². The van der Waals surface area contributed by atoms with E-state index in [0.29, 0.717) is 12.5 Å². The zero-order valence-electron chi connectivity index (χ0n) is 14.6. The van der Waals surface area contributed by atoms with Gasteiger partial charge in [-0.3, -0.25) is 0 Å². The second kappa shape index (κ2) is 9.56. The van der Waals surface area contributed by atoms with Gasteiger partial charge in [0.05, 0.1) is 11.4 Å². The topological polar surface area (TPSA) is 96.6 Å². The first-order valence-electron chi connectivity index (χ1n) is 8.27. The lowest BCUT2D eigenvalue weighted by molar-refractivity contribution is 0.598. The summed E-state index contributed by atoms with van der Waals surface area (Å²) in [4.78, 5) is 4.61. The highest BCUT2D eigenvalue weighted by atomic mass is 35.5. The molecule has 26 heavy (non-hydrogen) atoms. The standard InChI is InChI=1S/C18H23ClN4O2S/c1-2-21-18(22-11-10-14-4-3-5-16(19)12-14)23-13-15-6-8-17(9-7-15)26(20,24)25/h3-9,12H,2,10-11,13H2,1H3,(H2,20,24,25)(H2,21,22,23). The van der Waals surface area contributed by atoms with Crippen LogP contribution >= 0.6 is 11.6 Å². The molecule has 0 atom stereocenters. The number of halogens is 1. The molecule has 0 aliphatic rings. The Kier molecular flexibility index (Phi) is 7.44. The molecule has 8 heteroatoms. The summed E-state index contributed by atoms with van der Waals surface area (Å²) >= 11 is 5.99. The molecule has 0 fully saturated rings. The number of hydrogen-bond donors (Lipinski definition) is 3. The average molecular weight is 395 g/mol. The van der Waals surface area contributed by atoms with Crippen molar-refractivity contribution in [3.05, 3.63) is 64.7 Å². The summed E-state index contributed by atoms with van der Waals surface area (Å²) in [6.07, 6.45) is 0.827. The van der Waals surface area contributed by atoms with E-state index in [4.69, 9.17) is 16.7 Å². The minimum Gasteiger partial charge on any atom is -0.357 e. The van der Waals surface area contributed by atoms with Crippen molar-refractivity contribution in [2.75, 3.05) is 13.1 Å². The number of nitrogens with zero attached hydrogens (tertiary/aromatic N) is 1. The van der Waals surface area contributed by atoms with E-state index < -0.39 is 10.0 Å². The first kappa shape index (κ1) is 20.2. The van der Waals surface area contributed by atoms with E-state index >= 15 is 0 Å². The molecule has 0 saturated carbocycles. The van der Waals surface area contributed by atoms with Crippen LogP contribution in [0.15, 0.2) is 58.4 Å². The molecule has 2 aromatic carbocycles. The fourth-order valence-corrected chi connectivity index (χ4v) is 3.04. The van der Waals surface area contributed by atoms with E-state index in [9.17, 15) is 8.42 Å². The lowest BCUT2D eigenvalue weighted by Crippen LogP contribution is -2.38. The molecule has 0 radical (unpaired) electrons. The predicted octanol–water partition coefficient (Wildman–Crippen LogP) is 2.29. The van der Waals surface area contributed by atoms with Gasteiger partial charge in [-0.25, -0.2) is 18.5 Å². The Balaban J connectivity index is 1.93. The van der Waals surface area contributed by atoms with E-state index in [2.05, 4.69) is 15.6 Å². The van der Waals surface area contributed by atoms with Gasteiger partial charge >= 0.3 is 0 Å². The molecule has 0 saturated heterocycles. The van der Waals surface area contributed by atoms with Crippen LogP contribution in [0.3, 0.4) is 0 Å². The first-order valence-corrected chi connectivity index (χ1v) is 10.2. The molecule has 0 aliphatic carbocycles. The highest BCUT2D eigenvalue weighted by Crippen LogP contribution is 2.11. The van der Waals surface area contributed by atoms with Crippen LogP contribution in [0, 0.1) is 0 Å². The van der Waals surface area contributed by atoms with Crippen molar-refractivity contribution < 1.29 is 8.42 Å². The molecule has 0 aromatic heterocycles. The SMILES string of the molecule is CCNC(=NCc1ccc(S(N)(=O)=O)cc1)NCCc1cccc(Cl)c1. The third-order valence-corrected chi connectivity index (χ3v) is 4.78. The fraction of sp³-hybridized carbons (Fsp3) is 0.278. The monoisotopic (exact) mass is 394 g/mol. The van der Waals surface area contributed by atoms with Crippen molar-refractivity contribution >= 4 is 27.6 Å². The van der Waals surface area contributed by atoms with E-state index in [-0.39, 0.29) is 4.90 Å². The van der Waals surface area contributed by atoms with Crippen LogP contribution in [0.25, 0.3) is 0 Å². The van der Waals surface area contributed by atoms with E-state index in [1.54, 1.807) is 12.1 Å². The Hall–Kier alpha value is -2.09. The van der Waals surface area contributed by atoms with Gasteiger partial charge in [-0.2, -0.15) is 0 Å². The Morgan fingerprint density at radius 1 is 1.12 bits per heavy atom. The molecule has 0 heterocycles. The van der Waals surface area contributed by atoms with Crippen LogP contribution in [-0.4, -0.2) is 27.5 Å². The van der Waals surface area contributed by atoms with E-state index in [1.807, 2.05) is 31.2 Å². The largest absolute Gasteiger partial charge is 0.357 e. The third kappa shape index (κ3) is 6.67. The number of rotatable bonds is 7. The van der Waals surface area contributed by atoms with Gasteiger partial charge in [0.1, 0.15) is 0 Å². The van der Waals surface area contributed by atoms with Crippen LogP contribution in [0.5, 0.6) is 0 Å². The van der Waals surface area contributed by atoms with Crippen molar-refractivity contribution in [1.82, 2.24) is 10.6 Å². The van der Waals surface area contributed by atoms with Crippen molar-refractivity contribution in [3.8, 4) is 0 Å². The Morgan fingerprint density at radius 2 is 1.85 bits per heavy atom. The van der Waals surface area contributed by atoms with Crippen molar-refractivity contribution in [1.29, 1.82) is 0 Å². The second-order valence-electron chi connectivity index (χ2n) is 5.69. The van der Waals surface area contributed by atoms with Gasteiger partial charge in [0.25, 0.3) is 0 Å². The molecule has 0 amide bonds. The molecule has 6 nitrogen and oxygen atoms in total. The highest BCUT2D eigenvalue weighted by molar-refractivity contribution is 7.89. The van der Waals surface area contributed by atoms with Gasteiger partial charge in [-0.05, 0) is 48.7 Å². The van der Waals surface area contributed by atoms with Gasteiger partial charge in [0, 0.05) is 18.1 Å². The van der Waals surface area contributed by atoms with Crippen LogP contribution in [-0.2, 0) is 23.0 Å². The predicted molar refractivity (Wildman–Crippen MR) is 106 cm³/mol. The molecular formula is C18H23ClN4O2S. The minimum atomic E-state index is -3.67.